The number of ether oxygens (including phenoxy) is 1. The summed E-state index contributed by atoms with van der Waals surface area (Å²) in [6, 6.07) is 6.96. The van der Waals surface area contributed by atoms with Crippen LogP contribution in [0.2, 0.25) is 22.2 Å². The Balaban J connectivity index is 1.53. The van der Waals surface area contributed by atoms with Crippen LogP contribution in [0, 0.1) is 0 Å². The van der Waals surface area contributed by atoms with Crippen LogP contribution in [0.5, 0.6) is 0 Å². The van der Waals surface area contributed by atoms with E-state index in [1.807, 2.05) is 18.2 Å². The number of pyridine rings is 1. The zero-order chi connectivity index (χ0) is 32.2. The van der Waals surface area contributed by atoms with Crippen molar-refractivity contribution in [1.29, 1.82) is 0 Å². The summed E-state index contributed by atoms with van der Waals surface area (Å²) in [5.74, 6) is 0.150. The lowest BCUT2D eigenvalue weighted by Gasteiger charge is -2.51. The van der Waals surface area contributed by atoms with Gasteiger partial charge in [0.2, 0.25) is 5.91 Å². The molecule has 44 heavy (non-hydrogen) atoms. The maximum Gasteiger partial charge on any atom is 0.340 e. The van der Waals surface area contributed by atoms with Gasteiger partial charge in [0, 0.05) is 37.1 Å². The average Bonchev–Trinajstić information content (AvgIpc) is 3.34. The van der Waals surface area contributed by atoms with Crippen LogP contribution in [0.15, 0.2) is 51.3 Å². The zero-order valence-corrected chi connectivity index (χ0v) is 30.7. The molecule has 2 fully saturated rings. The number of carbonyl (C=O) groups is 1. The fourth-order valence-electron chi connectivity index (χ4n) is 6.14. The highest BCUT2D eigenvalue weighted by molar-refractivity contribution is 8.76. The van der Waals surface area contributed by atoms with E-state index in [9.17, 15) is 14.4 Å². The third-order valence-corrected chi connectivity index (χ3v) is 21.1. The molecule has 4 rings (SSSR count). The van der Waals surface area contributed by atoms with Gasteiger partial charge in [0.1, 0.15) is 17.4 Å². The Hall–Kier alpha value is -1.53. The second kappa shape index (κ2) is 14.9. The summed E-state index contributed by atoms with van der Waals surface area (Å²) < 4.78 is 29.7. The fraction of sp³-hybridized carbons (Fsp3) is 0.667. The van der Waals surface area contributed by atoms with E-state index in [1.165, 1.54) is 27.6 Å². The number of fused-ring (bicyclic) bond motifs is 1. The summed E-state index contributed by atoms with van der Waals surface area (Å²) in [6.07, 6.45) is 2.68. The van der Waals surface area contributed by atoms with Crippen molar-refractivity contribution in [2.24, 2.45) is 0 Å². The van der Waals surface area contributed by atoms with Crippen molar-refractivity contribution >= 4 is 44.6 Å². The van der Waals surface area contributed by atoms with Crippen molar-refractivity contribution in [2.75, 3.05) is 12.4 Å². The van der Waals surface area contributed by atoms with Crippen LogP contribution in [0.3, 0.4) is 0 Å². The molecule has 0 radical (unpaired) electrons. The van der Waals surface area contributed by atoms with Crippen molar-refractivity contribution in [1.82, 2.24) is 14.1 Å². The zero-order valence-electron chi connectivity index (χ0n) is 27.1. The largest absolute Gasteiger partial charge is 0.414 e. The van der Waals surface area contributed by atoms with Crippen LogP contribution in [0.1, 0.15) is 85.7 Å². The number of nitrogens with zero attached hydrogens (tertiary/aromatic N) is 3. The standard InChI is InChI=1S/C30H47N3O7S2Si2/c1-20(2)43(21(3)4)37-19-25-24(39-44(40-43,22(5)6)23(7)8)18-29(38-25)32-16-14-28(35)33(30(32)36)27(34)13-11-17-41-42-26-12-9-10-15-31-26/h9-10,12,14-16,20-25,29H,11,13,17-19H2,1-8H3. The number of hydrogen-bond acceptors (Lipinski definition) is 10. The Labute approximate surface area is 270 Å². The van der Waals surface area contributed by atoms with Crippen LogP contribution < -0.4 is 11.2 Å². The lowest BCUT2D eigenvalue weighted by Crippen LogP contribution is -2.65. The monoisotopic (exact) mass is 681 g/mol. The SMILES string of the molecule is CC(C)[Si]1(C(C)C)OCC2OC(n3ccc(=O)n(C(=O)CCCSSc4ccccn4)c3=O)CC2O[Si](C(C)C)(C(C)C)O1. The highest BCUT2D eigenvalue weighted by atomic mass is 33.1. The van der Waals surface area contributed by atoms with Gasteiger partial charge in [-0.3, -0.25) is 14.2 Å². The van der Waals surface area contributed by atoms with Gasteiger partial charge in [-0.15, -0.1) is 0 Å². The first-order valence-electron chi connectivity index (χ1n) is 15.6. The first-order chi connectivity index (χ1) is 20.8. The molecule has 10 nitrogen and oxygen atoms in total. The lowest BCUT2D eigenvalue weighted by molar-refractivity contribution is -0.0568. The molecule has 3 unspecified atom stereocenters. The number of hydrogen-bond donors (Lipinski definition) is 0. The molecule has 2 aliphatic heterocycles. The van der Waals surface area contributed by atoms with Crippen LogP contribution in [0.4, 0.5) is 0 Å². The van der Waals surface area contributed by atoms with Crippen molar-refractivity contribution < 1.29 is 22.5 Å². The van der Waals surface area contributed by atoms with Gasteiger partial charge in [-0.1, -0.05) is 72.3 Å². The van der Waals surface area contributed by atoms with E-state index < -0.39 is 46.6 Å². The predicted octanol–water partition coefficient (Wildman–Crippen LogP) is 6.51. The molecule has 3 atom stereocenters. The molecule has 2 aliphatic rings. The smallest absolute Gasteiger partial charge is 0.340 e. The summed E-state index contributed by atoms with van der Waals surface area (Å²) >= 11 is 0. The summed E-state index contributed by atoms with van der Waals surface area (Å²) in [5.41, 5.74) is -0.605. The minimum atomic E-state index is -2.84. The average molecular weight is 682 g/mol. The Morgan fingerprint density at radius 3 is 2.27 bits per heavy atom. The number of carbonyl (C=O) groups excluding carboxylic acids is 1. The summed E-state index contributed by atoms with van der Waals surface area (Å²) in [5, 5.41) is 0.888. The van der Waals surface area contributed by atoms with Gasteiger partial charge in [0.05, 0.1) is 12.7 Å². The molecule has 0 saturated carbocycles. The van der Waals surface area contributed by atoms with Crippen LogP contribution >= 0.6 is 21.6 Å². The summed E-state index contributed by atoms with van der Waals surface area (Å²) in [6.45, 7) is 17.6. The number of aromatic nitrogens is 3. The Bertz CT molecular complexity index is 1370. The van der Waals surface area contributed by atoms with E-state index in [-0.39, 0.29) is 34.7 Å². The highest BCUT2D eigenvalue weighted by Gasteiger charge is 2.60. The van der Waals surface area contributed by atoms with Gasteiger partial charge >= 0.3 is 22.8 Å². The Morgan fingerprint density at radius 1 is 0.977 bits per heavy atom. The molecule has 2 aromatic rings. The first-order valence-corrected chi connectivity index (χ1v) is 21.8. The van der Waals surface area contributed by atoms with Crippen molar-refractivity contribution in [3.05, 3.63) is 57.5 Å². The third kappa shape index (κ3) is 7.37. The van der Waals surface area contributed by atoms with Gasteiger partial charge in [-0.05, 0) is 51.5 Å². The molecule has 244 valence electrons. The van der Waals surface area contributed by atoms with Gasteiger partial charge in [-0.25, -0.2) is 9.78 Å². The van der Waals surface area contributed by atoms with E-state index in [0.29, 0.717) is 25.2 Å². The topological polar surface area (TPSA) is 111 Å². The van der Waals surface area contributed by atoms with Crippen LogP contribution in [-0.4, -0.2) is 61.7 Å². The van der Waals surface area contributed by atoms with Gasteiger partial charge in [0.25, 0.3) is 5.56 Å². The first kappa shape index (κ1) is 35.3. The summed E-state index contributed by atoms with van der Waals surface area (Å²) in [7, 11) is -2.46. The van der Waals surface area contributed by atoms with Crippen LogP contribution in [-0.2, 0) is 17.7 Å². The molecule has 0 spiro atoms. The third-order valence-electron chi connectivity index (χ3n) is 8.50. The van der Waals surface area contributed by atoms with E-state index in [1.54, 1.807) is 17.0 Å². The van der Waals surface area contributed by atoms with Gasteiger partial charge < -0.3 is 17.7 Å². The molecule has 2 aromatic heterocycles. The van der Waals surface area contributed by atoms with E-state index in [2.05, 4.69) is 60.4 Å². The highest BCUT2D eigenvalue weighted by Crippen LogP contribution is 2.48. The molecule has 0 aromatic carbocycles. The quantitative estimate of drug-likeness (QED) is 0.148. The Morgan fingerprint density at radius 2 is 1.66 bits per heavy atom. The minimum absolute atomic E-state index is 0.0774. The molecule has 2 saturated heterocycles. The van der Waals surface area contributed by atoms with Crippen molar-refractivity contribution in [3.63, 3.8) is 0 Å². The van der Waals surface area contributed by atoms with E-state index in [4.69, 9.17) is 17.7 Å². The maximum absolute atomic E-state index is 13.6. The Kier molecular flexibility index (Phi) is 12.0. The van der Waals surface area contributed by atoms with Crippen LogP contribution in [0.25, 0.3) is 0 Å². The molecule has 4 heterocycles. The second-order valence-electron chi connectivity index (χ2n) is 12.7. The van der Waals surface area contributed by atoms with Gasteiger partial charge in [0.15, 0.2) is 0 Å². The van der Waals surface area contributed by atoms with Crippen molar-refractivity contribution in [3.8, 4) is 0 Å². The van der Waals surface area contributed by atoms with Crippen molar-refractivity contribution in [2.45, 2.75) is 120 Å². The molecular weight excluding hydrogens is 635 g/mol. The second-order valence-corrected chi connectivity index (χ2v) is 24.0. The molecule has 0 aliphatic carbocycles. The minimum Gasteiger partial charge on any atom is -0.414 e. The lowest BCUT2D eigenvalue weighted by atomic mass is 10.2. The molecule has 0 bridgehead atoms. The summed E-state index contributed by atoms with van der Waals surface area (Å²) in [4.78, 5) is 43.7. The fourth-order valence-corrected chi connectivity index (χ4v) is 19.3. The maximum atomic E-state index is 13.6. The number of rotatable bonds is 11. The molecular formula is C30H47N3O7S2Si2. The normalized spacial score (nSPS) is 23.2. The predicted molar refractivity (Wildman–Crippen MR) is 180 cm³/mol. The van der Waals surface area contributed by atoms with E-state index in [0.717, 1.165) is 9.59 Å². The molecule has 0 amide bonds. The van der Waals surface area contributed by atoms with Gasteiger partial charge in [-0.2, -0.15) is 4.57 Å². The molecule has 14 heteroatoms. The van der Waals surface area contributed by atoms with E-state index >= 15 is 0 Å². The molecule has 0 N–H and O–H groups in total.